The molecule has 0 amide bonds. The molecule has 1 atom stereocenters. The summed E-state index contributed by atoms with van der Waals surface area (Å²) in [6, 6.07) is 0. The number of hydrogen-bond acceptors (Lipinski definition) is 1. The smallest absolute Gasteiger partial charge is 0.0514 e. The van der Waals surface area contributed by atoms with E-state index in [0.29, 0.717) is 0 Å². The molecule has 0 aromatic carbocycles. The molecule has 0 aromatic rings. The Morgan fingerprint density at radius 2 is 1.67 bits per heavy atom. The van der Waals surface area contributed by atoms with Gasteiger partial charge in [0.1, 0.15) is 0 Å². The van der Waals surface area contributed by atoms with Crippen molar-refractivity contribution in [2.24, 2.45) is 11.8 Å². The van der Waals surface area contributed by atoms with Crippen molar-refractivity contribution < 1.29 is 5.11 Å². The Balaban J connectivity index is 2.17. The van der Waals surface area contributed by atoms with Crippen molar-refractivity contribution in [3.05, 3.63) is 0 Å². The summed E-state index contributed by atoms with van der Waals surface area (Å²) in [4.78, 5) is 0. The lowest BCUT2D eigenvalue weighted by Gasteiger charge is -2.28. The summed E-state index contributed by atoms with van der Waals surface area (Å²) in [7, 11) is 0. The lowest BCUT2D eigenvalue weighted by Crippen LogP contribution is -2.17. The minimum absolute atomic E-state index is 0.0897. The summed E-state index contributed by atoms with van der Waals surface area (Å²) in [6.45, 7) is 4.20. The van der Waals surface area contributed by atoms with E-state index in [9.17, 15) is 5.11 Å². The molecule has 0 radical (unpaired) electrons. The van der Waals surface area contributed by atoms with Crippen LogP contribution in [0, 0.1) is 11.8 Å². The zero-order valence-corrected chi connectivity index (χ0v) is 8.42. The van der Waals surface area contributed by atoms with Gasteiger partial charge in [0.25, 0.3) is 0 Å². The molecule has 0 heterocycles. The van der Waals surface area contributed by atoms with Gasteiger partial charge in [-0.05, 0) is 25.2 Å². The first-order chi connectivity index (χ1) is 5.72. The number of aliphatic hydroxyl groups excluding tert-OH is 1. The third kappa shape index (κ3) is 3.14. The average Bonchev–Trinajstić information content (AvgIpc) is 2.05. The van der Waals surface area contributed by atoms with Gasteiger partial charge in [-0.25, -0.2) is 0 Å². The third-order valence-electron chi connectivity index (χ3n) is 3.22. The van der Waals surface area contributed by atoms with Gasteiger partial charge in [-0.3, -0.25) is 0 Å². The van der Waals surface area contributed by atoms with Crippen molar-refractivity contribution >= 4 is 0 Å². The molecule has 0 spiro atoms. The maximum absolute atomic E-state index is 9.23. The van der Waals surface area contributed by atoms with Gasteiger partial charge in [-0.2, -0.15) is 0 Å². The second-order valence-electron chi connectivity index (χ2n) is 4.38. The molecule has 0 aliphatic heterocycles. The third-order valence-corrected chi connectivity index (χ3v) is 3.22. The first-order valence-electron chi connectivity index (χ1n) is 5.40. The fraction of sp³-hybridized carbons (Fsp3) is 1.00. The number of rotatable bonds is 3. The minimum atomic E-state index is -0.0897. The molecule has 0 saturated heterocycles. The van der Waals surface area contributed by atoms with Crippen LogP contribution in [-0.4, -0.2) is 11.2 Å². The molecule has 12 heavy (non-hydrogen) atoms. The topological polar surface area (TPSA) is 20.2 Å². The standard InChI is InChI=1S/C11H22O/c1-3-10-4-6-11(7-5-10)8-9(2)12/h9-12H,3-8H2,1-2H3/t9-,10?,11?/m1/s1. The van der Waals surface area contributed by atoms with Crippen molar-refractivity contribution in [3.8, 4) is 0 Å². The van der Waals surface area contributed by atoms with Crippen molar-refractivity contribution in [3.63, 3.8) is 0 Å². The Morgan fingerprint density at radius 3 is 2.08 bits per heavy atom. The maximum atomic E-state index is 9.23. The van der Waals surface area contributed by atoms with Crippen LogP contribution >= 0.6 is 0 Å². The molecule has 1 heteroatoms. The molecule has 1 aliphatic rings. The van der Waals surface area contributed by atoms with Crippen LogP contribution in [0.25, 0.3) is 0 Å². The first kappa shape index (κ1) is 10.0. The molecule has 1 saturated carbocycles. The number of aliphatic hydroxyl groups is 1. The zero-order valence-electron chi connectivity index (χ0n) is 8.42. The van der Waals surface area contributed by atoms with E-state index in [2.05, 4.69) is 6.92 Å². The Bertz CT molecular complexity index is 112. The quantitative estimate of drug-likeness (QED) is 0.690. The molecule has 1 rings (SSSR count). The van der Waals surface area contributed by atoms with Crippen LogP contribution < -0.4 is 0 Å². The van der Waals surface area contributed by atoms with Crippen LogP contribution in [0.4, 0.5) is 0 Å². The van der Waals surface area contributed by atoms with Gasteiger partial charge in [0, 0.05) is 0 Å². The van der Waals surface area contributed by atoms with Gasteiger partial charge in [0.2, 0.25) is 0 Å². The van der Waals surface area contributed by atoms with Crippen LogP contribution in [0.5, 0.6) is 0 Å². The fourth-order valence-corrected chi connectivity index (χ4v) is 2.36. The van der Waals surface area contributed by atoms with Crippen LogP contribution in [0.2, 0.25) is 0 Å². The summed E-state index contributed by atoms with van der Waals surface area (Å²) < 4.78 is 0. The molecule has 72 valence electrons. The normalized spacial score (nSPS) is 33.2. The molecule has 0 bridgehead atoms. The summed E-state index contributed by atoms with van der Waals surface area (Å²) in [5, 5.41) is 9.23. The lowest BCUT2D eigenvalue weighted by molar-refractivity contribution is 0.136. The van der Waals surface area contributed by atoms with Gasteiger partial charge in [0.05, 0.1) is 6.10 Å². The van der Waals surface area contributed by atoms with Crippen molar-refractivity contribution in [2.45, 2.75) is 58.5 Å². The molecular formula is C11H22O. The van der Waals surface area contributed by atoms with E-state index in [1.54, 1.807) is 0 Å². The van der Waals surface area contributed by atoms with E-state index in [0.717, 1.165) is 18.3 Å². The van der Waals surface area contributed by atoms with Gasteiger partial charge in [-0.1, -0.05) is 39.0 Å². The average molecular weight is 170 g/mol. The van der Waals surface area contributed by atoms with Crippen molar-refractivity contribution in [1.29, 1.82) is 0 Å². The molecule has 0 unspecified atom stereocenters. The van der Waals surface area contributed by atoms with E-state index in [1.165, 1.54) is 32.1 Å². The molecular weight excluding hydrogens is 148 g/mol. The maximum Gasteiger partial charge on any atom is 0.0514 e. The summed E-state index contributed by atoms with van der Waals surface area (Å²) >= 11 is 0. The molecule has 1 fully saturated rings. The summed E-state index contributed by atoms with van der Waals surface area (Å²) in [6.07, 6.45) is 7.78. The summed E-state index contributed by atoms with van der Waals surface area (Å²) in [5.41, 5.74) is 0. The van der Waals surface area contributed by atoms with Crippen molar-refractivity contribution in [2.75, 3.05) is 0 Å². The highest BCUT2D eigenvalue weighted by atomic mass is 16.3. The lowest BCUT2D eigenvalue weighted by atomic mass is 9.79. The van der Waals surface area contributed by atoms with Crippen LogP contribution in [0.3, 0.4) is 0 Å². The Hall–Kier alpha value is -0.0400. The molecule has 1 N–H and O–H groups in total. The van der Waals surface area contributed by atoms with E-state index in [1.807, 2.05) is 6.92 Å². The van der Waals surface area contributed by atoms with E-state index < -0.39 is 0 Å². The van der Waals surface area contributed by atoms with E-state index >= 15 is 0 Å². The number of hydrogen-bond donors (Lipinski definition) is 1. The monoisotopic (exact) mass is 170 g/mol. The SMILES string of the molecule is CCC1CCC(C[C@@H](C)O)CC1. The van der Waals surface area contributed by atoms with Crippen LogP contribution in [0.15, 0.2) is 0 Å². The van der Waals surface area contributed by atoms with Gasteiger partial charge in [-0.15, -0.1) is 0 Å². The first-order valence-corrected chi connectivity index (χ1v) is 5.40. The highest BCUT2D eigenvalue weighted by Crippen LogP contribution is 2.32. The predicted molar refractivity (Wildman–Crippen MR) is 52.0 cm³/mol. The largest absolute Gasteiger partial charge is 0.393 e. The Labute approximate surface area is 76.2 Å². The van der Waals surface area contributed by atoms with E-state index in [-0.39, 0.29) is 6.10 Å². The highest BCUT2D eigenvalue weighted by molar-refractivity contribution is 4.72. The van der Waals surface area contributed by atoms with Gasteiger partial charge < -0.3 is 5.11 Å². The molecule has 0 aromatic heterocycles. The van der Waals surface area contributed by atoms with Crippen LogP contribution in [0.1, 0.15) is 52.4 Å². The fourth-order valence-electron chi connectivity index (χ4n) is 2.36. The van der Waals surface area contributed by atoms with Gasteiger partial charge in [0.15, 0.2) is 0 Å². The summed E-state index contributed by atoms with van der Waals surface area (Å²) in [5.74, 6) is 1.79. The Kier molecular flexibility index (Phi) is 4.07. The zero-order chi connectivity index (χ0) is 8.97. The Morgan fingerprint density at radius 1 is 1.17 bits per heavy atom. The van der Waals surface area contributed by atoms with Crippen molar-refractivity contribution in [1.82, 2.24) is 0 Å². The second kappa shape index (κ2) is 4.86. The highest BCUT2D eigenvalue weighted by Gasteiger charge is 2.20. The second-order valence-corrected chi connectivity index (χ2v) is 4.38. The molecule has 1 aliphatic carbocycles. The van der Waals surface area contributed by atoms with Gasteiger partial charge >= 0.3 is 0 Å². The van der Waals surface area contributed by atoms with E-state index in [4.69, 9.17) is 0 Å². The molecule has 1 nitrogen and oxygen atoms in total. The van der Waals surface area contributed by atoms with Crippen LogP contribution in [-0.2, 0) is 0 Å². The predicted octanol–water partition coefficient (Wildman–Crippen LogP) is 2.97. The minimum Gasteiger partial charge on any atom is -0.393 e.